The van der Waals surface area contributed by atoms with Gasteiger partial charge in [0.2, 0.25) is 0 Å². The van der Waals surface area contributed by atoms with Crippen molar-refractivity contribution in [1.82, 2.24) is 4.90 Å². The molecule has 0 saturated carbocycles. The molecule has 0 spiro atoms. The summed E-state index contributed by atoms with van der Waals surface area (Å²) in [5.74, 6) is 0.352. The maximum absolute atomic E-state index is 12.3. The second-order valence-electron chi connectivity index (χ2n) is 6.01. The van der Waals surface area contributed by atoms with Crippen LogP contribution in [0.3, 0.4) is 0 Å². The zero-order valence-corrected chi connectivity index (χ0v) is 14.8. The number of rotatable bonds is 5. The molecule has 2 aromatic carbocycles. The Morgan fingerprint density at radius 3 is 2.19 bits per heavy atom. The predicted molar refractivity (Wildman–Crippen MR) is 98.5 cm³/mol. The maximum Gasteiger partial charge on any atom is 0.337 e. The molecule has 3 rings (SSSR count). The van der Waals surface area contributed by atoms with Gasteiger partial charge < -0.3 is 19.3 Å². The summed E-state index contributed by atoms with van der Waals surface area (Å²) in [7, 11) is 1.37. The Bertz CT molecular complexity index is 738. The van der Waals surface area contributed by atoms with Crippen molar-refractivity contribution in [2.24, 2.45) is 0 Å². The van der Waals surface area contributed by atoms with Gasteiger partial charge in [-0.3, -0.25) is 4.79 Å². The van der Waals surface area contributed by atoms with E-state index in [1.54, 1.807) is 12.1 Å². The summed E-state index contributed by atoms with van der Waals surface area (Å²) in [5.41, 5.74) is 1.56. The van der Waals surface area contributed by atoms with E-state index < -0.39 is 0 Å². The molecule has 0 aromatic heterocycles. The van der Waals surface area contributed by atoms with E-state index in [0.717, 1.165) is 18.8 Å². The number of piperazine rings is 1. The minimum Gasteiger partial charge on any atom is -0.484 e. The Kier molecular flexibility index (Phi) is 5.73. The van der Waals surface area contributed by atoms with Gasteiger partial charge in [-0.05, 0) is 36.4 Å². The lowest BCUT2D eigenvalue weighted by Crippen LogP contribution is -2.50. The zero-order valence-electron chi connectivity index (χ0n) is 14.8. The van der Waals surface area contributed by atoms with Crippen LogP contribution < -0.4 is 9.64 Å². The Labute approximate surface area is 152 Å². The first-order valence-corrected chi connectivity index (χ1v) is 8.56. The van der Waals surface area contributed by atoms with E-state index in [1.165, 1.54) is 7.11 Å². The van der Waals surface area contributed by atoms with Gasteiger partial charge in [-0.1, -0.05) is 18.2 Å². The van der Waals surface area contributed by atoms with Crippen molar-refractivity contribution in [3.8, 4) is 5.75 Å². The van der Waals surface area contributed by atoms with Crippen LogP contribution in [0.1, 0.15) is 10.4 Å². The van der Waals surface area contributed by atoms with E-state index in [0.29, 0.717) is 24.4 Å². The fourth-order valence-corrected chi connectivity index (χ4v) is 2.89. The van der Waals surface area contributed by atoms with Crippen LogP contribution in [0.4, 0.5) is 5.69 Å². The molecule has 1 heterocycles. The van der Waals surface area contributed by atoms with Crippen LogP contribution in [0.2, 0.25) is 0 Å². The van der Waals surface area contributed by atoms with Crippen molar-refractivity contribution in [3.05, 3.63) is 60.2 Å². The van der Waals surface area contributed by atoms with Crippen LogP contribution >= 0.6 is 0 Å². The molecule has 26 heavy (non-hydrogen) atoms. The Morgan fingerprint density at radius 2 is 1.58 bits per heavy atom. The quantitative estimate of drug-likeness (QED) is 0.771. The third-order valence-electron chi connectivity index (χ3n) is 4.39. The lowest BCUT2D eigenvalue weighted by Gasteiger charge is -2.36. The third kappa shape index (κ3) is 4.33. The van der Waals surface area contributed by atoms with Gasteiger partial charge in [-0.25, -0.2) is 4.79 Å². The van der Waals surface area contributed by atoms with Crippen LogP contribution in [-0.4, -0.2) is 56.7 Å². The number of amides is 1. The number of nitrogens with zero attached hydrogens (tertiary/aromatic N) is 2. The highest BCUT2D eigenvalue weighted by Gasteiger charge is 2.21. The minimum atomic E-state index is -0.342. The van der Waals surface area contributed by atoms with E-state index >= 15 is 0 Å². The van der Waals surface area contributed by atoms with Crippen molar-refractivity contribution < 1.29 is 19.1 Å². The minimum absolute atomic E-state index is 0.00505. The molecule has 0 radical (unpaired) electrons. The van der Waals surface area contributed by atoms with Crippen LogP contribution in [0.25, 0.3) is 0 Å². The van der Waals surface area contributed by atoms with Crippen molar-refractivity contribution in [2.45, 2.75) is 0 Å². The van der Waals surface area contributed by atoms with E-state index in [1.807, 2.05) is 47.4 Å². The van der Waals surface area contributed by atoms with E-state index in [9.17, 15) is 9.59 Å². The molecule has 0 N–H and O–H groups in total. The fraction of sp³-hybridized carbons (Fsp3) is 0.300. The average Bonchev–Trinajstić information content (AvgIpc) is 2.72. The maximum atomic E-state index is 12.3. The lowest BCUT2D eigenvalue weighted by atomic mass is 10.2. The normalized spacial score (nSPS) is 14.0. The molecule has 1 aliphatic heterocycles. The molecule has 6 heteroatoms. The number of anilines is 1. The van der Waals surface area contributed by atoms with Gasteiger partial charge in [0.15, 0.2) is 6.61 Å². The zero-order chi connectivity index (χ0) is 18.4. The summed E-state index contributed by atoms with van der Waals surface area (Å²) >= 11 is 0. The fourth-order valence-electron chi connectivity index (χ4n) is 2.89. The SMILES string of the molecule is COC(=O)c1ccc(N2CCN(C(=O)COc3ccccc3)CC2)cc1. The molecular formula is C20H22N2O4. The monoisotopic (exact) mass is 354 g/mol. The first-order chi connectivity index (χ1) is 12.7. The highest BCUT2D eigenvalue weighted by atomic mass is 16.5. The second kappa shape index (κ2) is 8.38. The summed E-state index contributed by atoms with van der Waals surface area (Å²) in [6, 6.07) is 16.7. The number of ether oxygens (including phenoxy) is 2. The lowest BCUT2D eigenvalue weighted by molar-refractivity contribution is -0.133. The van der Waals surface area contributed by atoms with E-state index in [-0.39, 0.29) is 18.5 Å². The summed E-state index contributed by atoms with van der Waals surface area (Å²) in [5, 5.41) is 0. The first kappa shape index (κ1) is 17.8. The number of esters is 1. The molecule has 136 valence electrons. The van der Waals surface area contributed by atoms with Gasteiger partial charge in [0, 0.05) is 31.9 Å². The molecule has 0 unspecified atom stereocenters. The van der Waals surface area contributed by atoms with Gasteiger partial charge in [0.25, 0.3) is 5.91 Å². The van der Waals surface area contributed by atoms with Crippen LogP contribution in [0.5, 0.6) is 5.75 Å². The number of hydrogen-bond donors (Lipinski definition) is 0. The average molecular weight is 354 g/mol. The van der Waals surface area contributed by atoms with E-state index in [4.69, 9.17) is 9.47 Å². The van der Waals surface area contributed by atoms with Crippen molar-refractivity contribution in [2.75, 3.05) is 44.8 Å². The largest absolute Gasteiger partial charge is 0.484 e. The third-order valence-corrected chi connectivity index (χ3v) is 4.39. The molecule has 6 nitrogen and oxygen atoms in total. The second-order valence-corrected chi connectivity index (χ2v) is 6.01. The summed E-state index contributed by atoms with van der Waals surface area (Å²) in [6.45, 7) is 2.84. The number of carbonyl (C=O) groups is 2. The Hall–Kier alpha value is -3.02. The van der Waals surface area contributed by atoms with Gasteiger partial charge >= 0.3 is 5.97 Å². The van der Waals surface area contributed by atoms with Crippen LogP contribution in [0, 0.1) is 0 Å². The summed E-state index contributed by atoms with van der Waals surface area (Å²) in [6.07, 6.45) is 0. The number of benzene rings is 2. The molecule has 0 atom stereocenters. The smallest absolute Gasteiger partial charge is 0.337 e. The molecule has 1 amide bonds. The summed E-state index contributed by atoms with van der Waals surface area (Å²) in [4.78, 5) is 27.8. The van der Waals surface area contributed by atoms with Crippen LogP contribution in [-0.2, 0) is 9.53 Å². The molecule has 2 aromatic rings. The Morgan fingerprint density at radius 1 is 0.923 bits per heavy atom. The first-order valence-electron chi connectivity index (χ1n) is 8.56. The molecular weight excluding hydrogens is 332 g/mol. The number of para-hydroxylation sites is 1. The number of hydrogen-bond acceptors (Lipinski definition) is 5. The highest BCUT2D eigenvalue weighted by molar-refractivity contribution is 5.89. The van der Waals surface area contributed by atoms with Gasteiger partial charge in [0.05, 0.1) is 12.7 Å². The standard InChI is InChI=1S/C20H22N2O4/c1-25-20(24)16-7-9-17(10-8-16)21-11-13-22(14-12-21)19(23)15-26-18-5-3-2-4-6-18/h2-10H,11-15H2,1H3. The van der Waals surface area contributed by atoms with Crippen LogP contribution in [0.15, 0.2) is 54.6 Å². The highest BCUT2D eigenvalue weighted by Crippen LogP contribution is 2.18. The van der Waals surface area contributed by atoms with Crippen molar-refractivity contribution >= 4 is 17.6 Å². The van der Waals surface area contributed by atoms with Gasteiger partial charge in [0.1, 0.15) is 5.75 Å². The van der Waals surface area contributed by atoms with Crippen molar-refractivity contribution in [3.63, 3.8) is 0 Å². The predicted octanol–water partition coefficient (Wildman–Crippen LogP) is 2.20. The molecule has 1 saturated heterocycles. The molecule has 0 bridgehead atoms. The van der Waals surface area contributed by atoms with Crippen molar-refractivity contribution in [1.29, 1.82) is 0 Å². The molecule has 0 aliphatic carbocycles. The topological polar surface area (TPSA) is 59.1 Å². The summed E-state index contributed by atoms with van der Waals surface area (Å²) < 4.78 is 10.2. The number of methoxy groups -OCH3 is 1. The Balaban J connectivity index is 1.49. The van der Waals surface area contributed by atoms with E-state index in [2.05, 4.69) is 4.90 Å². The molecule has 1 fully saturated rings. The van der Waals surface area contributed by atoms with Gasteiger partial charge in [-0.2, -0.15) is 0 Å². The van der Waals surface area contributed by atoms with Gasteiger partial charge in [-0.15, -0.1) is 0 Å². The number of carbonyl (C=O) groups excluding carboxylic acids is 2. The molecule has 1 aliphatic rings.